The van der Waals surface area contributed by atoms with Crippen LogP contribution in [0.5, 0.6) is 0 Å². The lowest BCUT2D eigenvalue weighted by molar-refractivity contribution is -0.116. The van der Waals surface area contributed by atoms with E-state index in [0.717, 1.165) is 11.4 Å². The van der Waals surface area contributed by atoms with Gasteiger partial charge in [-0.25, -0.2) is 0 Å². The molecule has 3 aromatic carbocycles. The van der Waals surface area contributed by atoms with Gasteiger partial charge in [-0.15, -0.1) is 0 Å². The zero-order chi connectivity index (χ0) is 23.0. The molecule has 4 rings (SSSR count). The summed E-state index contributed by atoms with van der Waals surface area (Å²) in [5.41, 5.74) is 2.26. The van der Waals surface area contributed by atoms with Crippen LogP contribution >= 0.6 is 11.6 Å². The van der Waals surface area contributed by atoms with Crippen molar-refractivity contribution in [3.8, 4) is 0 Å². The minimum atomic E-state index is -0.625. The Morgan fingerprint density at radius 3 is 1.79 bits per heavy atom. The summed E-state index contributed by atoms with van der Waals surface area (Å²) in [6.07, 6.45) is 0. The molecular formula is C24H22ClN7O. The summed E-state index contributed by atoms with van der Waals surface area (Å²) in [6, 6.07) is 25.4. The highest BCUT2D eigenvalue weighted by Gasteiger charge is 2.16. The maximum atomic E-state index is 12.7. The van der Waals surface area contributed by atoms with Crippen molar-refractivity contribution in [2.24, 2.45) is 0 Å². The Hall–Kier alpha value is -4.17. The molecule has 4 aromatic rings. The second-order valence-electron chi connectivity index (χ2n) is 7.15. The van der Waals surface area contributed by atoms with Gasteiger partial charge in [-0.1, -0.05) is 54.1 Å². The van der Waals surface area contributed by atoms with Gasteiger partial charge in [-0.05, 0) is 49.4 Å². The largest absolute Gasteiger partial charge is 0.342 e. The first kappa shape index (κ1) is 22.0. The van der Waals surface area contributed by atoms with Gasteiger partial charge in [-0.2, -0.15) is 15.0 Å². The maximum Gasteiger partial charge on any atom is 0.246 e. The molecule has 0 radical (unpaired) electrons. The lowest BCUT2D eigenvalue weighted by atomic mass is 10.2. The second-order valence-corrected chi connectivity index (χ2v) is 7.59. The number of nitrogens with one attached hydrogen (secondary N) is 4. The SMILES string of the molecule is C[C@@H](Nc1nc(Nc2ccccc2)nc(Nc2ccccc2)n1)C(=O)Nc1cccc(Cl)c1. The van der Waals surface area contributed by atoms with E-state index in [1.54, 1.807) is 31.2 Å². The van der Waals surface area contributed by atoms with Crippen LogP contribution in [0.3, 0.4) is 0 Å². The Bertz CT molecular complexity index is 1160. The molecule has 0 saturated carbocycles. The average Bonchev–Trinajstić information content (AvgIpc) is 2.80. The molecule has 1 heterocycles. The number of carbonyl (C=O) groups is 1. The van der Waals surface area contributed by atoms with E-state index in [1.165, 1.54) is 0 Å². The van der Waals surface area contributed by atoms with E-state index in [9.17, 15) is 4.79 Å². The van der Waals surface area contributed by atoms with Crippen molar-refractivity contribution in [2.45, 2.75) is 13.0 Å². The van der Waals surface area contributed by atoms with Gasteiger partial charge in [0.1, 0.15) is 6.04 Å². The van der Waals surface area contributed by atoms with Gasteiger partial charge in [0.25, 0.3) is 0 Å². The topological polar surface area (TPSA) is 104 Å². The highest BCUT2D eigenvalue weighted by Crippen LogP contribution is 2.19. The molecule has 4 N–H and O–H groups in total. The molecule has 0 aliphatic rings. The van der Waals surface area contributed by atoms with Crippen LogP contribution in [0.2, 0.25) is 5.02 Å². The zero-order valence-corrected chi connectivity index (χ0v) is 18.5. The Kier molecular flexibility index (Phi) is 6.96. The third-order valence-corrected chi connectivity index (χ3v) is 4.76. The number of halogens is 1. The molecule has 33 heavy (non-hydrogen) atoms. The molecule has 166 valence electrons. The molecule has 1 atom stereocenters. The van der Waals surface area contributed by atoms with E-state index in [-0.39, 0.29) is 11.9 Å². The molecular weight excluding hydrogens is 438 g/mol. The number of aromatic nitrogens is 3. The van der Waals surface area contributed by atoms with E-state index in [2.05, 4.69) is 36.2 Å². The molecule has 0 fully saturated rings. The summed E-state index contributed by atoms with van der Waals surface area (Å²) in [4.78, 5) is 26.0. The first-order valence-corrected chi connectivity index (χ1v) is 10.7. The third kappa shape index (κ3) is 6.41. The van der Waals surface area contributed by atoms with E-state index in [0.29, 0.717) is 22.6 Å². The Morgan fingerprint density at radius 1 is 0.727 bits per heavy atom. The number of carbonyl (C=O) groups excluding carboxylic acids is 1. The van der Waals surface area contributed by atoms with Crippen molar-refractivity contribution in [2.75, 3.05) is 21.3 Å². The molecule has 8 nitrogen and oxygen atoms in total. The number of hydrogen-bond acceptors (Lipinski definition) is 7. The first-order chi connectivity index (χ1) is 16.0. The van der Waals surface area contributed by atoms with Gasteiger partial charge < -0.3 is 21.3 Å². The zero-order valence-electron chi connectivity index (χ0n) is 17.8. The van der Waals surface area contributed by atoms with Crippen molar-refractivity contribution in [3.63, 3.8) is 0 Å². The van der Waals surface area contributed by atoms with Gasteiger partial charge in [0.15, 0.2) is 0 Å². The molecule has 0 unspecified atom stereocenters. The molecule has 9 heteroatoms. The van der Waals surface area contributed by atoms with Gasteiger partial charge in [0, 0.05) is 22.1 Å². The van der Waals surface area contributed by atoms with Crippen molar-refractivity contribution in [1.82, 2.24) is 15.0 Å². The van der Waals surface area contributed by atoms with Gasteiger partial charge >= 0.3 is 0 Å². The number of rotatable bonds is 8. The molecule has 1 amide bonds. The van der Waals surface area contributed by atoms with E-state index < -0.39 is 6.04 Å². The molecule has 1 aromatic heterocycles. The molecule has 0 aliphatic carbocycles. The minimum Gasteiger partial charge on any atom is -0.342 e. The van der Waals surface area contributed by atoms with Crippen molar-refractivity contribution < 1.29 is 4.79 Å². The van der Waals surface area contributed by atoms with Gasteiger partial charge in [0.2, 0.25) is 23.8 Å². The van der Waals surface area contributed by atoms with E-state index in [4.69, 9.17) is 11.6 Å². The van der Waals surface area contributed by atoms with Gasteiger partial charge in [0.05, 0.1) is 0 Å². The average molecular weight is 460 g/mol. The predicted molar refractivity (Wildman–Crippen MR) is 132 cm³/mol. The normalized spacial score (nSPS) is 11.3. The summed E-state index contributed by atoms with van der Waals surface area (Å²) >= 11 is 6.00. The monoisotopic (exact) mass is 459 g/mol. The molecule has 0 aliphatic heterocycles. The number of hydrogen-bond donors (Lipinski definition) is 4. The standard InChI is InChI=1S/C24H22ClN7O/c1-16(21(33)27-20-14-8-9-17(25)15-20)26-22-30-23(28-18-10-4-2-5-11-18)32-24(31-22)29-19-12-6-3-7-13-19/h2-16H,1H3,(H,27,33)(H3,26,28,29,30,31,32)/t16-/m1/s1. The minimum absolute atomic E-state index is 0.246. The Morgan fingerprint density at radius 2 is 1.24 bits per heavy atom. The second kappa shape index (κ2) is 10.4. The molecule has 0 bridgehead atoms. The van der Waals surface area contributed by atoms with Crippen LogP contribution in [-0.2, 0) is 4.79 Å². The summed E-state index contributed by atoms with van der Waals surface area (Å²) < 4.78 is 0. The Labute approximate surface area is 196 Å². The van der Waals surface area contributed by atoms with Crippen LogP contribution in [-0.4, -0.2) is 26.9 Å². The third-order valence-electron chi connectivity index (χ3n) is 4.53. The van der Waals surface area contributed by atoms with Crippen molar-refractivity contribution in [3.05, 3.63) is 90.0 Å². The molecule has 0 saturated heterocycles. The predicted octanol–water partition coefficient (Wildman–Crippen LogP) is 5.45. The van der Waals surface area contributed by atoms with Crippen LogP contribution in [0.25, 0.3) is 0 Å². The number of amides is 1. The van der Waals surface area contributed by atoms with Gasteiger partial charge in [-0.3, -0.25) is 4.79 Å². The lowest BCUT2D eigenvalue weighted by Gasteiger charge is -2.16. The van der Waals surface area contributed by atoms with Crippen molar-refractivity contribution >= 4 is 52.4 Å². The van der Waals surface area contributed by atoms with Crippen LogP contribution in [0.4, 0.5) is 34.9 Å². The summed E-state index contributed by atoms with van der Waals surface area (Å²) in [5.74, 6) is 0.655. The van der Waals surface area contributed by atoms with E-state index >= 15 is 0 Å². The fraction of sp³-hybridized carbons (Fsp3) is 0.0833. The number of nitrogens with zero attached hydrogens (tertiary/aromatic N) is 3. The summed E-state index contributed by atoms with van der Waals surface area (Å²) in [5, 5.41) is 12.7. The van der Waals surface area contributed by atoms with Crippen LogP contribution < -0.4 is 21.3 Å². The van der Waals surface area contributed by atoms with Crippen molar-refractivity contribution in [1.29, 1.82) is 0 Å². The molecule has 0 spiro atoms. The van der Waals surface area contributed by atoms with E-state index in [1.807, 2.05) is 60.7 Å². The lowest BCUT2D eigenvalue weighted by Crippen LogP contribution is -2.32. The highest BCUT2D eigenvalue weighted by molar-refractivity contribution is 6.30. The number of para-hydroxylation sites is 2. The maximum absolute atomic E-state index is 12.7. The summed E-state index contributed by atoms with van der Waals surface area (Å²) in [7, 11) is 0. The fourth-order valence-electron chi connectivity index (χ4n) is 2.93. The first-order valence-electron chi connectivity index (χ1n) is 10.3. The number of anilines is 6. The fourth-order valence-corrected chi connectivity index (χ4v) is 3.12. The van der Waals surface area contributed by atoms with Crippen LogP contribution in [0, 0.1) is 0 Å². The Balaban J connectivity index is 1.54. The van der Waals surface area contributed by atoms with Crippen LogP contribution in [0.15, 0.2) is 84.9 Å². The highest BCUT2D eigenvalue weighted by atomic mass is 35.5. The number of benzene rings is 3. The summed E-state index contributed by atoms with van der Waals surface area (Å²) in [6.45, 7) is 1.72. The van der Waals surface area contributed by atoms with Crippen LogP contribution in [0.1, 0.15) is 6.92 Å². The quantitative estimate of drug-likeness (QED) is 0.277. The smallest absolute Gasteiger partial charge is 0.246 e.